The van der Waals surface area contributed by atoms with E-state index in [0.717, 1.165) is 44.9 Å². The van der Waals surface area contributed by atoms with E-state index in [4.69, 9.17) is 4.74 Å². The Morgan fingerprint density at radius 1 is 0.767 bits per heavy atom. The predicted octanol–water partition coefficient (Wildman–Crippen LogP) is 4.27. The maximum atomic E-state index is 13.0. The van der Waals surface area contributed by atoms with Gasteiger partial charge in [-0.15, -0.1) is 0 Å². The zero-order valence-corrected chi connectivity index (χ0v) is 17.2. The van der Waals surface area contributed by atoms with Crippen molar-refractivity contribution in [3.8, 4) is 5.75 Å². The van der Waals surface area contributed by atoms with Gasteiger partial charge in [0, 0.05) is 44.7 Å². The van der Waals surface area contributed by atoms with E-state index in [-0.39, 0.29) is 5.91 Å². The van der Waals surface area contributed by atoms with Crippen LogP contribution >= 0.6 is 0 Å². The molecule has 0 unspecified atom stereocenters. The molecule has 4 heteroatoms. The van der Waals surface area contributed by atoms with Gasteiger partial charge in [-0.3, -0.25) is 9.69 Å². The molecule has 1 fully saturated rings. The van der Waals surface area contributed by atoms with Gasteiger partial charge in [0.15, 0.2) is 0 Å². The number of hydrogen-bond donors (Lipinski definition) is 0. The number of piperazine rings is 1. The van der Waals surface area contributed by atoms with Crippen molar-refractivity contribution in [2.45, 2.75) is 13.0 Å². The van der Waals surface area contributed by atoms with E-state index in [1.165, 1.54) is 11.1 Å². The first-order valence-electron chi connectivity index (χ1n) is 10.6. The van der Waals surface area contributed by atoms with Crippen LogP contribution in [0.1, 0.15) is 21.5 Å². The van der Waals surface area contributed by atoms with E-state index < -0.39 is 0 Å². The van der Waals surface area contributed by atoms with Gasteiger partial charge in [-0.2, -0.15) is 0 Å². The van der Waals surface area contributed by atoms with Crippen LogP contribution < -0.4 is 4.74 Å². The Balaban J connectivity index is 1.28. The van der Waals surface area contributed by atoms with Crippen molar-refractivity contribution in [1.29, 1.82) is 0 Å². The van der Waals surface area contributed by atoms with Gasteiger partial charge in [-0.05, 0) is 29.3 Å². The highest BCUT2D eigenvalue weighted by Crippen LogP contribution is 2.17. The Kier molecular flexibility index (Phi) is 6.78. The zero-order chi connectivity index (χ0) is 20.6. The SMILES string of the molecule is O=C(c1cccc(OCCc2ccccc2)c1)N1CCN(Cc2ccccc2)CC1. The molecular weight excluding hydrogens is 372 g/mol. The molecule has 0 radical (unpaired) electrons. The topological polar surface area (TPSA) is 32.8 Å². The molecule has 154 valence electrons. The molecule has 0 bridgehead atoms. The van der Waals surface area contributed by atoms with E-state index in [9.17, 15) is 4.79 Å². The molecule has 0 aromatic heterocycles. The summed E-state index contributed by atoms with van der Waals surface area (Å²) in [4.78, 5) is 17.3. The van der Waals surface area contributed by atoms with Crippen molar-refractivity contribution in [2.75, 3.05) is 32.8 Å². The van der Waals surface area contributed by atoms with Gasteiger partial charge in [0.25, 0.3) is 5.91 Å². The fourth-order valence-corrected chi connectivity index (χ4v) is 3.78. The molecule has 0 atom stereocenters. The first-order chi connectivity index (χ1) is 14.8. The van der Waals surface area contributed by atoms with Crippen LogP contribution in [0.15, 0.2) is 84.9 Å². The summed E-state index contributed by atoms with van der Waals surface area (Å²) in [5.41, 5.74) is 3.26. The monoisotopic (exact) mass is 400 g/mol. The van der Waals surface area contributed by atoms with Crippen LogP contribution in [0.25, 0.3) is 0 Å². The zero-order valence-electron chi connectivity index (χ0n) is 17.2. The molecule has 4 rings (SSSR count). The molecule has 0 spiro atoms. The minimum atomic E-state index is 0.0860. The van der Waals surface area contributed by atoms with Crippen LogP contribution in [0.5, 0.6) is 5.75 Å². The van der Waals surface area contributed by atoms with Gasteiger partial charge >= 0.3 is 0 Å². The van der Waals surface area contributed by atoms with Crippen molar-refractivity contribution in [3.05, 3.63) is 102 Å². The number of nitrogens with zero attached hydrogens (tertiary/aromatic N) is 2. The Morgan fingerprint density at radius 2 is 1.43 bits per heavy atom. The van der Waals surface area contributed by atoms with E-state index in [2.05, 4.69) is 41.3 Å². The van der Waals surface area contributed by atoms with Gasteiger partial charge < -0.3 is 9.64 Å². The third-order valence-corrected chi connectivity index (χ3v) is 5.49. The van der Waals surface area contributed by atoms with Crippen molar-refractivity contribution in [2.24, 2.45) is 0 Å². The van der Waals surface area contributed by atoms with Crippen molar-refractivity contribution in [1.82, 2.24) is 9.80 Å². The summed E-state index contributed by atoms with van der Waals surface area (Å²) in [6, 6.07) is 28.3. The number of amides is 1. The Morgan fingerprint density at radius 3 is 2.13 bits per heavy atom. The molecule has 0 N–H and O–H groups in total. The highest BCUT2D eigenvalue weighted by Gasteiger charge is 2.22. The van der Waals surface area contributed by atoms with Crippen LogP contribution in [-0.2, 0) is 13.0 Å². The summed E-state index contributed by atoms with van der Waals surface area (Å²) in [6.07, 6.45) is 0.850. The summed E-state index contributed by atoms with van der Waals surface area (Å²) >= 11 is 0. The molecule has 3 aromatic carbocycles. The lowest BCUT2D eigenvalue weighted by Gasteiger charge is -2.34. The smallest absolute Gasteiger partial charge is 0.254 e. The second-order valence-electron chi connectivity index (χ2n) is 7.67. The summed E-state index contributed by atoms with van der Waals surface area (Å²) in [7, 11) is 0. The number of carbonyl (C=O) groups excluding carboxylic acids is 1. The fourth-order valence-electron chi connectivity index (χ4n) is 3.78. The second-order valence-corrected chi connectivity index (χ2v) is 7.67. The minimum absolute atomic E-state index is 0.0860. The molecule has 1 heterocycles. The van der Waals surface area contributed by atoms with E-state index in [1.54, 1.807) is 0 Å². The van der Waals surface area contributed by atoms with Gasteiger partial charge in [0.05, 0.1) is 6.61 Å². The maximum Gasteiger partial charge on any atom is 0.254 e. The van der Waals surface area contributed by atoms with Crippen molar-refractivity contribution in [3.63, 3.8) is 0 Å². The first-order valence-corrected chi connectivity index (χ1v) is 10.6. The first kappa shape index (κ1) is 20.2. The average Bonchev–Trinajstić information content (AvgIpc) is 2.81. The number of carbonyl (C=O) groups is 1. The fraction of sp³-hybridized carbons (Fsp3) is 0.269. The molecule has 30 heavy (non-hydrogen) atoms. The lowest BCUT2D eigenvalue weighted by molar-refractivity contribution is 0.0628. The van der Waals surface area contributed by atoms with Crippen molar-refractivity contribution < 1.29 is 9.53 Å². The summed E-state index contributed by atoms with van der Waals surface area (Å²) in [5, 5.41) is 0. The molecule has 0 aliphatic carbocycles. The molecule has 3 aromatic rings. The van der Waals surface area contributed by atoms with Crippen LogP contribution in [-0.4, -0.2) is 48.5 Å². The summed E-state index contributed by atoms with van der Waals surface area (Å²) in [5.74, 6) is 0.836. The molecule has 1 saturated heterocycles. The molecule has 0 saturated carbocycles. The maximum absolute atomic E-state index is 13.0. The van der Waals surface area contributed by atoms with Crippen LogP contribution in [0.2, 0.25) is 0 Å². The third kappa shape index (κ3) is 5.49. The van der Waals surface area contributed by atoms with Gasteiger partial charge in [-0.25, -0.2) is 0 Å². The summed E-state index contributed by atoms with van der Waals surface area (Å²) in [6.45, 7) is 4.84. The molecular formula is C26H28N2O2. The second kappa shape index (κ2) is 10.1. The molecule has 1 aliphatic heterocycles. The standard InChI is InChI=1S/C26H28N2O2/c29-26(28-17-15-27(16-18-28)21-23-10-5-2-6-11-23)24-12-7-13-25(20-24)30-19-14-22-8-3-1-4-9-22/h1-13,20H,14-19,21H2. The Labute approximate surface area is 178 Å². The lowest BCUT2D eigenvalue weighted by Crippen LogP contribution is -2.48. The van der Waals surface area contributed by atoms with E-state index in [1.807, 2.05) is 53.4 Å². The van der Waals surface area contributed by atoms with Crippen molar-refractivity contribution >= 4 is 5.91 Å². The van der Waals surface area contributed by atoms with Gasteiger partial charge in [0.2, 0.25) is 0 Å². The largest absolute Gasteiger partial charge is 0.493 e. The van der Waals surface area contributed by atoms with Crippen LogP contribution in [0, 0.1) is 0 Å². The lowest BCUT2D eigenvalue weighted by atomic mass is 10.1. The van der Waals surface area contributed by atoms with Gasteiger partial charge in [0.1, 0.15) is 5.75 Å². The highest BCUT2D eigenvalue weighted by atomic mass is 16.5. The van der Waals surface area contributed by atoms with E-state index >= 15 is 0 Å². The average molecular weight is 401 g/mol. The number of hydrogen-bond acceptors (Lipinski definition) is 3. The van der Waals surface area contributed by atoms with Crippen LogP contribution in [0.4, 0.5) is 0 Å². The number of benzene rings is 3. The predicted molar refractivity (Wildman–Crippen MR) is 120 cm³/mol. The van der Waals surface area contributed by atoms with Gasteiger partial charge in [-0.1, -0.05) is 66.7 Å². The molecule has 4 nitrogen and oxygen atoms in total. The van der Waals surface area contributed by atoms with E-state index in [0.29, 0.717) is 12.2 Å². The number of rotatable bonds is 7. The Bertz CT molecular complexity index is 936. The third-order valence-electron chi connectivity index (χ3n) is 5.49. The minimum Gasteiger partial charge on any atom is -0.493 e. The Hall–Kier alpha value is -3.11. The summed E-state index contributed by atoms with van der Waals surface area (Å²) < 4.78 is 5.89. The molecule has 1 amide bonds. The van der Waals surface area contributed by atoms with Crippen LogP contribution in [0.3, 0.4) is 0 Å². The number of ether oxygens (including phenoxy) is 1. The molecule has 1 aliphatic rings. The normalized spacial score (nSPS) is 14.5. The highest BCUT2D eigenvalue weighted by molar-refractivity contribution is 5.94. The quantitative estimate of drug-likeness (QED) is 0.594.